The molecule has 0 heterocycles. The van der Waals surface area contributed by atoms with E-state index in [-0.39, 0.29) is 6.23 Å². The van der Waals surface area contributed by atoms with Gasteiger partial charge in [-0.15, -0.1) is 0 Å². The quantitative estimate of drug-likeness (QED) is 0.552. The van der Waals surface area contributed by atoms with E-state index < -0.39 is 0 Å². The second-order valence-corrected chi connectivity index (χ2v) is 3.09. The summed E-state index contributed by atoms with van der Waals surface area (Å²) in [6.07, 6.45) is 0.0167. The first-order valence-corrected chi connectivity index (χ1v) is 4.29. The second kappa shape index (κ2) is 4.14. The van der Waals surface area contributed by atoms with E-state index in [1.54, 1.807) is 7.11 Å². The summed E-state index contributed by atoms with van der Waals surface area (Å²) >= 11 is 0. The third-order valence-corrected chi connectivity index (χ3v) is 1.99. The highest BCUT2D eigenvalue weighted by Gasteiger charge is 2.00. The molecule has 0 saturated heterocycles. The maximum atomic E-state index is 5.69. The summed E-state index contributed by atoms with van der Waals surface area (Å²) < 4.78 is 5.08. The third-order valence-electron chi connectivity index (χ3n) is 1.99. The summed E-state index contributed by atoms with van der Waals surface area (Å²) in [5.74, 6) is 0. The van der Waals surface area contributed by atoms with Crippen LogP contribution in [0.1, 0.15) is 12.5 Å². The normalized spacial score (nSPS) is 12.5. The fourth-order valence-corrected chi connectivity index (χ4v) is 1.06. The molecular formula is C10H16N2O. The van der Waals surface area contributed by atoms with E-state index in [1.165, 1.54) is 0 Å². The van der Waals surface area contributed by atoms with Crippen LogP contribution in [0, 0.1) is 6.92 Å². The molecule has 0 aliphatic carbocycles. The van der Waals surface area contributed by atoms with Crippen LogP contribution in [0.2, 0.25) is 0 Å². The van der Waals surface area contributed by atoms with Gasteiger partial charge in [-0.25, -0.2) is 0 Å². The molecule has 3 N–H and O–H groups in total. The molecule has 0 spiro atoms. The Bertz CT molecular complexity index is 286. The monoisotopic (exact) mass is 180 g/mol. The number of nitrogens with two attached hydrogens (primary N) is 1. The van der Waals surface area contributed by atoms with Gasteiger partial charge >= 0.3 is 0 Å². The van der Waals surface area contributed by atoms with Gasteiger partial charge in [0.2, 0.25) is 0 Å². The first-order valence-electron chi connectivity index (χ1n) is 4.29. The summed E-state index contributed by atoms with van der Waals surface area (Å²) in [4.78, 5) is 0. The molecule has 0 amide bonds. The van der Waals surface area contributed by atoms with Gasteiger partial charge in [-0.1, -0.05) is 0 Å². The van der Waals surface area contributed by atoms with Crippen LogP contribution in [0.15, 0.2) is 18.2 Å². The van der Waals surface area contributed by atoms with Crippen molar-refractivity contribution in [1.82, 2.24) is 0 Å². The van der Waals surface area contributed by atoms with Crippen molar-refractivity contribution in [2.24, 2.45) is 0 Å². The largest absolute Gasteiger partial charge is 0.399 e. The average molecular weight is 180 g/mol. The summed E-state index contributed by atoms with van der Waals surface area (Å²) in [6.45, 7) is 3.93. The predicted molar refractivity (Wildman–Crippen MR) is 55.7 cm³/mol. The molecule has 0 aliphatic heterocycles. The standard InChI is InChI=1S/C10H16N2O/c1-7-6-9(4-5-10(7)11)12-8(2)13-3/h4-6,8,12H,11H2,1-3H3. The van der Waals surface area contributed by atoms with Crippen LogP contribution in [-0.2, 0) is 4.74 Å². The summed E-state index contributed by atoms with van der Waals surface area (Å²) in [5.41, 5.74) is 8.61. The molecule has 13 heavy (non-hydrogen) atoms. The van der Waals surface area contributed by atoms with Gasteiger partial charge in [0.25, 0.3) is 0 Å². The Hall–Kier alpha value is -1.22. The van der Waals surface area contributed by atoms with E-state index in [2.05, 4.69) is 5.32 Å². The molecule has 3 heteroatoms. The maximum absolute atomic E-state index is 5.69. The molecule has 0 aromatic heterocycles. The molecule has 1 rings (SSSR count). The summed E-state index contributed by atoms with van der Waals surface area (Å²) in [7, 11) is 1.67. The van der Waals surface area contributed by atoms with Gasteiger partial charge in [0.1, 0.15) is 6.23 Å². The van der Waals surface area contributed by atoms with Gasteiger partial charge in [-0.2, -0.15) is 0 Å². The highest BCUT2D eigenvalue weighted by molar-refractivity contribution is 5.56. The minimum atomic E-state index is 0.0167. The third kappa shape index (κ3) is 2.63. The van der Waals surface area contributed by atoms with E-state index in [1.807, 2.05) is 32.0 Å². The molecule has 0 saturated carbocycles. The Kier molecular flexibility index (Phi) is 3.14. The molecule has 1 atom stereocenters. The number of aryl methyl sites for hydroxylation is 1. The molecule has 0 bridgehead atoms. The number of rotatable bonds is 3. The van der Waals surface area contributed by atoms with Crippen molar-refractivity contribution in [3.05, 3.63) is 23.8 Å². The second-order valence-electron chi connectivity index (χ2n) is 3.09. The van der Waals surface area contributed by atoms with Crippen molar-refractivity contribution in [3.63, 3.8) is 0 Å². The minimum absolute atomic E-state index is 0.0167. The first kappa shape index (κ1) is 9.86. The van der Waals surface area contributed by atoms with Crippen LogP contribution in [0.5, 0.6) is 0 Å². The number of benzene rings is 1. The number of nitrogen functional groups attached to an aromatic ring is 1. The van der Waals surface area contributed by atoms with E-state index in [0.29, 0.717) is 0 Å². The molecule has 1 unspecified atom stereocenters. The molecule has 0 aliphatic rings. The van der Waals surface area contributed by atoms with Crippen LogP contribution in [-0.4, -0.2) is 13.3 Å². The molecule has 3 nitrogen and oxygen atoms in total. The van der Waals surface area contributed by atoms with Crippen LogP contribution >= 0.6 is 0 Å². The average Bonchev–Trinajstić information content (AvgIpc) is 2.11. The molecule has 72 valence electrons. The van der Waals surface area contributed by atoms with E-state index in [0.717, 1.165) is 16.9 Å². The fraction of sp³-hybridized carbons (Fsp3) is 0.400. The lowest BCUT2D eigenvalue weighted by atomic mass is 10.2. The number of hydrogen-bond acceptors (Lipinski definition) is 3. The van der Waals surface area contributed by atoms with Crippen molar-refractivity contribution in [2.75, 3.05) is 18.2 Å². The zero-order valence-corrected chi connectivity index (χ0v) is 8.29. The van der Waals surface area contributed by atoms with Crippen molar-refractivity contribution < 1.29 is 4.74 Å². The van der Waals surface area contributed by atoms with Gasteiger partial charge in [0.05, 0.1) is 0 Å². The summed E-state index contributed by atoms with van der Waals surface area (Å²) in [6, 6.07) is 5.84. The highest BCUT2D eigenvalue weighted by atomic mass is 16.5. The van der Waals surface area contributed by atoms with Crippen LogP contribution < -0.4 is 11.1 Å². The Morgan fingerprint density at radius 1 is 1.46 bits per heavy atom. The minimum Gasteiger partial charge on any atom is -0.399 e. The summed E-state index contributed by atoms with van der Waals surface area (Å²) in [5, 5.41) is 3.18. The zero-order chi connectivity index (χ0) is 9.84. The van der Waals surface area contributed by atoms with E-state index in [9.17, 15) is 0 Å². The highest BCUT2D eigenvalue weighted by Crippen LogP contribution is 2.17. The lowest BCUT2D eigenvalue weighted by Crippen LogP contribution is -2.16. The van der Waals surface area contributed by atoms with Gasteiger partial charge in [-0.3, -0.25) is 0 Å². The Morgan fingerprint density at radius 2 is 2.15 bits per heavy atom. The molecule has 0 fully saturated rings. The Labute approximate surface area is 78.9 Å². The van der Waals surface area contributed by atoms with Gasteiger partial charge in [0.15, 0.2) is 0 Å². The lowest BCUT2D eigenvalue weighted by molar-refractivity contribution is 0.141. The van der Waals surface area contributed by atoms with Crippen molar-refractivity contribution in [2.45, 2.75) is 20.1 Å². The zero-order valence-electron chi connectivity index (χ0n) is 8.29. The number of nitrogens with one attached hydrogen (secondary N) is 1. The Balaban J connectivity index is 2.73. The topological polar surface area (TPSA) is 47.3 Å². The number of methoxy groups -OCH3 is 1. The fourth-order valence-electron chi connectivity index (χ4n) is 1.06. The van der Waals surface area contributed by atoms with E-state index in [4.69, 9.17) is 10.5 Å². The maximum Gasteiger partial charge on any atom is 0.124 e. The SMILES string of the molecule is COC(C)Nc1ccc(N)c(C)c1. The smallest absolute Gasteiger partial charge is 0.124 e. The van der Waals surface area contributed by atoms with Crippen LogP contribution in [0.25, 0.3) is 0 Å². The van der Waals surface area contributed by atoms with Crippen LogP contribution in [0.4, 0.5) is 11.4 Å². The molecule has 1 aromatic rings. The van der Waals surface area contributed by atoms with E-state index >= 15 is 0 Å². The van der Waals surface area contributed by atoms with Crippen molar-refractivity contribution in [3.8, 4) is 0 Å². The molecular weight excluding hydrogens is 164 g/mol. The van der Waals surface area contributed by atoms with Gasteiger partial charge in [0, 0.05) is 18.5 Å². The van der Waals surface area contributed by atoms with Crippen molar-refractivity contribution in [1.29, 1.82) is 0 Å². The molecule has 0 radical (unpaired) electrons. The van der Waals surface area contributed by atoms with Crippen LogP contribution in [0.3, 0.4) is 0 Å². The van der Waals surface area contributed by atoms with Gasteiger partial charge in [-0.05, 0) is 37.6 Å². The lowest BCUT2D eigenvalue weighted by Gasteiger charge is -2.14. The molecule has 1 aromatic carbocycles. The number of hydrogen-bond donors (Lipinski definition) is 2. The van der Waals surface area contributed by atoms with Crippen molar-refractivity contribution >= 4 is 11.4 Å². The predicted octanol–water partition coefficient (Wildman–Crippen LogP) is 1.98. The van der Waals surface area contributed by atoms with Gasteiger partial charge < -0.3 is 15.8 Å². The Morgan fingerprint density at radius 3 is 2.69 bits per heavy atom. The number of ether oxygens (including phenoxy) is 1. The number of anilines is 2. The first-order chi connectivity index (χ1) is 6.13.